The van der Waals surface area contributed by atoms with E-state index in [2.05, 4.69) is 15.9 Å². The summed E-state index contributed by atoms with van der Waals surface area (Å²) in [5.74, 6) is 0.341. The van der Waals surface area contributed by atoms with Crippen LogP contribution in [-0.4, -0.2) is 5.78 Å². The molecule has 0 bridgehead atoms. The minimum Gasteiger partial charge on any atom is -0.452 e. The van der Waals surface area contributed by atoms with E-state index in [0.29, 0.717) is 5.76 Å². The highest BCUT2D eigenvalue weighted by Gasteiger charge is 2.12. The van der Waals surface area contributed by atoms with Crippen molar-refractivity contribution in [3.8, 4) is 0 Å². The Labute approximate surface area is 106 Å². The van der Waals surface area contributed by atoms with Gasteiger partial charge in [-0.1, -0.05) is 24.3 Å². The van der Waals surface area contributed by atoms with Crippen LogP contribution in [0.15, 0.2) is 45.3 Å². The zero-order valence-corrected chi connectivity index (χ0v) is 10.7. The summed E-state index contributed by atoms with van der Waals surface area (Å²) in [6.07, 6.45) is 0. The third-order valence-electron chi connectivity index (χ3n) is 2.82. The van der Waals surface area contributed by atoms with Crippen molar-refractivity contribution in [2.24, 2.45) is 0 Å². The van der Waals surface area contributed by atoms with Gasteiger partial charge < -0.3 is 4.42 Å². The average molecular weight is 289 g/mol. The molecule has 0 aliphatic heterocycles. The summed E-state index contributed by atoms with van der Waals surface area (Å²) < 4.78 is 6.47. The summed E-state index contributed by atoms with van der Waals surface area (Å²) in [5, 5.41) is 3.16. The van der Waals surface area contributed by atoms with E-state index in [-0.39, 0.29) is 5.78 Å². The normalized spacial score (nSPS) is 11.2. The Bertz CT molecular complexity index is 740. The van der Waals surface area contributed by atoms with E-state index in [4.69, 9.17) is 4.42 Å². The van der Waals surface area contributed by atoms with Crippen LogP contribution in [0.25, 0.3) is 21.7 Å². The van der Waals surface area contributed by atoms with Crippen molar-refractivity contribution in [3.63, 3.8) is 0 Å². The van der Waals surface area contributed by atoms with E-state index in [0.717, 1.165) is 26.2 Å². The van der Waals surface area contributed by atoms with Crippen LogP contribution in [-0.2, 0) is 0 Å². The molecule has 0 aliphatic rings. The predicted molar refractivity (Wildman–Crippen MR) is 71.4 cm³/mol. The van der Waals surface area contributed by atoms with Gasteiger partial charge in [0.15, 0.2) is 11.5 Å². The fourth-order valence-electron chi connectivity index (χ4n) is 1.97. The number of Topliss-reactive ketones (excluding diaryl/α,β-unsaturated/α-hetero) is 1. The van der Waals surface area contributed by atoms with Crippen molar-refractivity contribution in [1.29, 1.82) is 0 Å². The molecule has 0 aliphatic carbocycles. The highest BCUT2D eigenvalue weighted by Crippen LogP contribution is 2.34. The van der Waals surface area contributed by atoms with E-state index >= 15 is 0 Å². The maximum Gasteiger partial charge on any atom is 0.194 e. The van der Waals surface area contributed by atoms with Crippen LogP contribution in [0.5, 0.6) is 0 Å². The molecule has 17 heavy (non-hydrogen) atoms. The second-order valence-corrected chi connectivity index (χ2v) is 4.79. The number of ketones is 1. The molecule has 3 aromatic rings. The van der Waals surface area contributed by atoms with Crippen LogP contribution in [0.3, 0.4) is 0 Å². The molecule has 2 aromatic carbocycles. The van der Waals surface area contributed by atoms with E-state index in [1.165, 1.54) is 6.92 Å². The highest BCUT2D eigenvalue weighted by molar-refractivity contribution is 9.10. The van der Waals surface area contributed by atoms with Crippen LogP contribution >= 0.6 is 15.9 Å². The van der Waals surface area contributed by atoms with E-state index in [1.54, 1.807) is 6.07 Å². The summed E-state index contributed by atoms with van der Waals surface area (Å²) in [6, 6.07) is 11.9. The largest absolute Gasteiger partial charge is 0.452 e. The Morgan fingerprint density at radius 1 is 1.18 bits per heavy atom. The average Bonchev–Trinajstić information content (AvgIpc) is 2.74. The van der Waals surface area contributed by atoms with Gasteiger partial charge in [0.1, 0.15) is 5.58 Å². The molecule has 1 heterocycles. The van der Waals surface area contributed by atoms with Gasteiger partial charge in [-0.2, -0.15) is 0 Å². The number of hydrogen-bond acceptors (Lipinski definition) is 2. The van der Waals surface area contributed by atoms with Crippen LogP contribution < -0.4 is 0 Å². The number of benzene rings is 2. The molecule has 0 saturated heterocycles. The zero-order chi connectivity index (χ0) is 12.0. The summed E-state index contributed by atoms with van der Waals surface area (Å²) in [4.78, 5) is 11.3. The second kappa shape index (κ2) is 3.70. The molecule has 0 amide bonds. The number of carbonyl (C=O) groups is 1. The first-order valence-corrected chi connectivity index (χ1v) is 6.08. The molecule has 0 saturated carbocycles. The summed E-state index contributed by atoms with van der Waals surface area (Å²) in [5.41, 5.74) is 0.730. The molecular formula is C14H9BrO2. The number of furan rings is 1. The molecule has 0 N–H and O–H groups in total. The SMILES string of the molecule is CC(=O)c1cc2cc3ccccc3c(Br)c2o1. The molecule has 84 valence electrons. The third kappa shape index (κ3) is 1.58. The number of rotatable bonds is 1. The lowest BCUT2D eigenvalue weighted by molar-refractivity contribution is 0.0989. The van der Waals surface area contributed by atoms with Crippen LogP contribution in [0.1, 0.15) is 17.5 Å². The van der Waals surface area contributed by atoms with Gasteiger partial charge in [-0.3, -0.25) is 4.79 Å². The topological polar surface area (TPSA) is 30.2 Å². The number of halogens is 1. The highest BCUT2D eigenvalue weighted by atomic mass is 79.9. The van der Waals surface area contributed by atoms with Gasteiger partial charge in [-0.15, -0.1) is 0 Å². The van der Waals surface area contributed by atoms with Gasteiger partial charge in [0.2, 0.25) is 0 Å². The minimum absolute atomic E-state index is 0.0582. The molecule has 2 nitrogen and oxygen atoms in total. The Morgan fingerprint density at radius 2 is 1.94 bits per heavy atom. The monoisotopic (exact) mass is 288 g/mol. The molecule has 3 heteroatoms. The maximum atomic E-state index is 11.3. The maximum absolute atomic E-state index is 11.3. The van der Waals surface area contributed by atoms with Crippen molar-refractivity contribution in [1.82, 2.24) is 0 Å². The standard InChI is InChI=1S/C14H9BrO2/c1-8(16)12-7-10-6-9-4-2-3-5-11(9)13(15)14(10)17-12/h2-7H,1H3. The quantitative estimate of drug-likeness (QED) is 0.615. The van der Waals surface area contributed by atoms with Crippen LogP contribution in [0, 0.1) is 0 Å². The van der Waals surface area contributed by atoms with E-state index < -0.39 is 0 Å². The predicted octanol–water partition coefficient (Wildman–Crippen LogP) is 4.55. The molecule has 0 atom stereocenters. The number of carbonyl (C=O) groups excluding carboxylic acids is 1. The lowest BCUT2D eigenvalue weighted by Crippen LogP contribution is -1.85. The summed E-state index contributed by atoms with van der Waals surface area (Å²) >= 11 is 3.54. The Kier molecular flexibility index (Phi) is 2.30. The van der Waals surface area contributed by atoms with Gasteiger partial charge in [0.05, 0.1) is 4.47 Å². The zero-order valence-electron chi connectivity index (χ0n) is 9.16. The first kappa shape index (κ1) is 10.5. The minimum atomic E-state index is -0.0582. The fraction of sp³-hybridized carbons (Fsp3) is 0.0714. The molecule has 0 unspecified atom stereocenters. The first-order valence-electron chi connectivity index (χ1n) is 5.28. The van der Waals surface area contributed by atoms with Gasteiger partial charge >= 0.3 is 0 Å². The Morgan fingerprint density at radius 3 is 2.71 bits per heavy atom. The van der Waals surface area contributed by atoms with Crippen molar-refractivity contribution < 1.29 is 9.21 Å². The smallest absolute Gasteiger partial charge is 0.194 e. The number of fused-ring (bicyclic) bond motifs is 2. The fourth-order valence-corrected chi connectivity index (χ4v) is 2.64. The lowest BCUT2D eigenvalue weighted by Gasteiger charge is -2.00. The first-order chi connectivity index (χ1) is 8.16. The molecule has 0 fully saturated rings. The van der Waals surface area contributed by atoms with Gasteiger partial charge in [0.25, 0.3) is 0 Å². The molecular weight excluding hydrogens is 280 g/mol. The Balaban J connectivity index is 2.46. The molecule has 0 spiro atoms. The molecule has 0 radical (unpaired) electrons. The summed E-state index contributed by atoms with van der Waals surface area (Å²) in [6.45, 7) is 1.51. The lowest BCUT2D eigenvalue weighted by atomic mass is 10.1. The van der Waals surface area contributed by atoms with Gasteiger partial charge in [-0.05, 0) is 38.8 Å². The number of hydrogen-bond donors (Lipinski definition) is 0. The van der Waals surface area contributed by atoms with Gasteiger partial charge in [-0.25, -0.2) is 0 Å². The van der Waals surface area contributed by atoms with Crippen molar-refractivity contribution in [3.05, 3.63) is 46.6 Å². The van der Waals surface area contributed by atoms with Gasteiger partial charge in [0, 0.05) is 12.3 Å². The summed E-state index contributed by atoms with van der Waals surface area (Å²) in [7, 11) is 0. The Hall–Kier alpha value is -1.61. The van der Waals surface area contributed by atoms with Crippen LogP contribution in [0.4, 0.5) is 0 Å². The van der Waals surface area contributed by atoms with Crippen molar-refractivity contribution in [2.45, 2.75) is 6.92 Å². The molecule has 1 aromatic heterocycles. The van der Waals surface area contributed by atoms with Crippen LogP contribution in [0.2, 0.25) is 0 Å². The third-order valence-corrected chi connectivity index (χ3v) is 3.60. The van der Waals surface area contributed by atoms with Crippen molar-refractivity contribution in [2.75, 3.05) is 0 Å². The molecule has 3 rings (SSSR count). The van der Waals surface area contributed by atoms with E-state index in [9.17, 15) is 4.79 Å². The van der Waals surface area contributed by atoms with Crippen molar-refractivity contribution >= 4 is 43.5 Å². The second-order valence-electron chi connectivity index (χ2n) is 4.00. The van der Waals surface area contributed by atoms with E-state index in [1.807, 2.05) is 30.3 Å².